The second-order valence-electron chi connectivity index (χ2n) is 5.57. The number of urea groups is 1. The van der Waals surface area contributed by atoms with Gasteiger partial charge in [0.05, 0.1) is 7.11 Å². The van der Waals surface area contributed by atoms with Gasteiger partial charge in [0, 0.05) is 29.3 Å². The minimum Gasteiger partial charge on any atom is -0.497 e. The van der Waals surface area contributed by atoms with Gasteiger partial charge in [0.1, 0.15) is 5.75 Å². The van der Waals surface area contributed by atoms with Crippen LogP contribution in [0.5, 0.6) is 5.75 Å². The van der Waals surface area contributed by atoms with Gasteiger partial charge >= 0.3 is 6.03 Å². The summed E-state index contributed by atoms with van der Waals surface area (Å²) in [6, 6.07) is 18.6. The maximum Gasteiger partial charge on any atom is 0.323 e. The fourth-order valence-corrected chi connectivity index (χ4v) is 2.47. The van der Waals surface area contributed by atoms with E-state index in [0.717, 1.165) is 22.5 Å². The van der Waals surface area contributed by atoms with Crippen LogP contribution in [0.3, 0.4) is 0 Å². The van der Waals surface area contributed by atoms with Crippen LogP contribution in [0.4, 0.5) is 16.2 Å². The first kappa shape index (κ1) is 16.5. The Balaban J connectivity index is 1.65. The molecule has 0 atom stereocenters. The lowest BCUT2D eigenvalue weighted by atomic mass is 10.1. The average molecular weight is 333 g/mol. The number of benzene rings is 2. The average Bonchev–Trinajstić information content (AvgIpc) is 2.62. The van der Waals surface area contributed by atoms with E-state index in [-0.39, 0.29) is 6.03 Å². The first-order chi connectivity index (χ1) is 12.1. The van der Waals surface area contributed by atoms with E-state index in [9.17, 15) is 4.79 Å². The van der Waals surface area contributed by atoms with Gasteiger partial charge in [-0.3, -0.25) is 4.98 Å². The molecule has 2 N–H and O–H groups in total. The summed E-state index contributed by atoms with van der Waals surface area (Å²) in [6.45, 7) is 1.96. The van der Waals surface area contributed by atoms with Crippen LogP contribution in [0.1, 0.15) is 5.69 Å². The molecule has 5 nitrogen and oxygen atoms in total. The molecule has 2 amide bonds. The van der Waals surface area contributed by atoms with Gasteiger partial charge in [-0.25, -0.2) is 4.79 Å². The van der Waals surface area contributed by atoms with E-state index >= 15 is 0 Å². The zero-order valence-electron chi connectivity index (χ0n) is 14.1. The van der Waals surface area contributed by atoms with Crippen molar-refractivity contribution in [3.05, 3.63) is 72.6 Å². The van der Waals surface area contributed by atoms with Crippen LogP contribution in [-0.2, 0) is 0 Å². The van der Waals surface area contributed by atoms with Gasteiger partial charge in [0.25, 0.3) is 0 Å². The molecule has 126 valence electrons. The first-order valence-electron chi connectivity index (χ1n) is 7.89. The number of anilines is 2. The van der Waals surface area contributed by atoms with E-state index in [4.69, 9.17) is 4.74 Å². The predicted octanol–water partition coefficient (Wildman–Crippen LogP) is 4.71. The van der Waals surface area contributed by atoms with E-state index < -0.39 is 0 Å². The summed E-state index contributed by atoms with van der Waals surface area (Å²) in [7, 11) is 1.59. The van der Waals surface area contributed by atoms with Gasteiger partial charge in [-0.05, 0) is 54.4 Å². The van der Waals surface area contributed by atoms with E-state index in [0.29, 0.717) is 11.4 Å². The monoisotopic (exact) mass is 333 g/mol. The van der Waals surface area contributed by atoms with Crippen LogP contribution in [-0.4, -0.2) is 18.1 Å². The van der Waals surface area contributed by atoms with Gasteiger partial charge in [0.2, 0.25) is 0 Å². The van der Waals surface area contributed by atoms with Gasteiger partial charge in [-0.15, -0.1) is 0 Å². The normalized spacial score (nSPS) is 10.2. The molecule has 0 unspecified atom stereocenters. The zero-order chi connectivity index (χ0) is 17.6. The van der Waals surface area contributed by atoms with Crippen LogP contribution < -0.4 is 15.4 Å². The van der Waals surface area contributed by atoms with Gasteiger partial charge in [-0.1, -0.05) is 18.2 Å². The topological polar surface area (TPSA) is 63.2 Å². The van der Waals surface area contributed by atoms with E-state index in [2.05, 4.69) is 15.6 Å². The number of ether oxygens (including phenoxy) is 1. The summed E-state index contributed by atoms with van der Waals surface area (Å²) in [6.07, 6.45) is 1.79. The van der Waals surface area contributed by atoms with Crippen LogP contribution in [0.15, 0.2) is 66.9 Å². The molecule has 0 saturated heterocycles. The molecule has 0 fully saturated rings. The molecule has 0 aliphatic rings. The molecule has 0 radical (unpaired) electrons. The largest absolute Gasteiger partial charge is 0.497 e. The molecule has 3 rings (SSSR count). The summed E-state index contributed by atoms with van der Waals surface area (Å²) in [5.41, 5.74) is 4.53. The standard InChI is InChI=1S/C20H19N3O2/c1-14-12-16(10-11-21-14)15-6-8-17(9-7-15)22-20(24)23-18-4-3-5-19(13-18)25-2/h3-13H,1-2H3,(H2,22,23,24). The molecule has 0 aliphatic heterocycles. The van der Waals surface area contributed by atoms with Crippen LogP contribution in [0.2, 0.25) is 0 Å². The van der Waals surface area contributed by atoms with Gasteiger partial charge < -0.3 is 15.4 Å². The smallest absolute Gasteiger partial charge is 0.323 e. The lowest BCUT2D eigenvalue weighted by Crippen LogP contribution is -2.19. The molecule has 0 saturated carbocycles. The number of nitrogens with one attached hydrogen (secondary N) is 2. The predicted molar refractivity (Wildman–Crippen MR) is 100 cm³/mol. The second kappa shape index (κ2) is 7.49. The third-order valence-corrected chi connectivity index (χ3v) is 3.70. The molecule has 2 aromatic carbocycles. The maximum absolute atomic E-state index is 12.1. The van der Waals surface area contributed by atoms with Crippen molar-refractivity contribution in [2.24, 2.45) is 0 Å². The number of pyridine rings is 1. The molecular formula is C20H19N3O2. The third kappa shape index (κ3) is 4.35. The Labute approximate surface area is 146 Å². The van der Waals surface area contributed by atoms with Crippen molar-refractivity contribution in [2.75, 3.05) is 17.7 Å². The SMILES string of the molecule is COc1cccc(NC(=O)Nc2ccc(-c3ccnc(C)c3)cc2)c1. The number of carbonyl (C=O) groups is 1. The number of methoxy groups -OCH3 is 1. The molecule has 1 aromatic heterocycles. The highest BCUT2D eigenvalue weighted by Crippen LogP contribution is 2.22. The molecule has 0 spiro atoms. The Hall–Kier alpha value is -3.34. The van der Waals surface area contributed by atoms with Crippen molar-refractivity contribution in [3.63, 3.8) is 0 Å². The van der Waals surface area contributed by atoms with Crippen molar-refractivity contribution >= 4 is 17.4 Å². The third-order valence-electron chi connectivity index (χ3n) is 3.70. The Morgan fingerprint density at radius 1 is 0.920 bits per heavy atom. The van der Waals surface area contributed by atoms with Crippen LogP contribution in [0.25, 0.3) is 11.1 Å². The van der Waals surface area contributed by atoms with E-state index in [1.165, 1.54) is 0 Å². The number of rotatable bonds is 4. The summed E-state index contributed by atoms with van der Waals surface area (Å²) in [4.78, 5) is 16.3. The molecule has 0 bridgehead atoms. The van der Waals surface area contributed by atoms with Crippen LogP contribution in [0, 0.1) is 6.92 Å². The highest BCUT2D eigenvalue weighted by atomic mass is 16.5. The Bertz CT molecular complexity index is 876. The number of carbonyl (C=O) groups excluding carboxylic acids is 1. The number of hydrogen-bond donors (Lipinski definition) is 2. The molecule has 3 aromatic rings. The lowest BCUT2D eigenvalue weighted by Gasteiger charge is -2.09. The van der Waals surface area contributed by atoms with E-state index in [1.54, 1.807) is 25.4 Å². The Morgan fingerprint density at radius 3 is 2.40 bits per heavy atom. The minimum absolute atomic E-state index is 0.305. The number of aryl methyl sites for hydroxylation is 1. The number of hydrogen-bond acceptors (Lipinski definition) is 3. The fraction of sp³-hybridized carbons (Fsp3) is 0.100. The molecule has 5 heteroatoms. The van der Waals surface area contributed by atoms with Crippen molar-refractivity contribution < 1.29 is 9.53 Å². The number of aromatic nitrogens is 1. The van der Waals surface area contributed by atoms with Crippen molar-refractivity contribution in [1.29, 1.82) is 0 Å². The van der Waals surface area contributed by atoms with Gasteiger partial charge in [0.15, 0.2) is 0 Å². The quantitative estimate of drug-likeness (QED) is 0.727. The number of amides is 2. The lowest BCUT2D eigenvalue weighted by molar-refractivity contribution is 0.262. The van der Waals surface area contributed by atoms with Crippen molar-refractivity contribution in [1.82, 2.24) is 4.98 Å². The fourth-order valence-electron chi connectivity index (χ4n) is 2.47. The first-order valence-corrected chi connectivity index (χ1v) is 7.89. The van der Waals surface area contributed by atoms with Crippen molar-refractivity contribution in [3.8, 4) is 16.9 Å². The van der Waals surface area contributed by atoms with E-state index in [1.807, 2.05) is 55.5 Å². The van der Waals surface area contributed by atoms with Crippen molar-refractivity contribution in [2.45, 2.75) is 6.92 Å². The second-order valence-corrected chi connectivity index (χ2v) is 5.57. The molecule has 0 aliphatic carbocycles. The summed E-state index contributed by atoms with van der Waals surface area (Å²) in [5.74, 6) is 0.690. The minimum atomic E-state index is -0.305. The zero-order valence-corrected chi connectivity index (χ0v) is 14.1. The number of nitrogens with zero attached hydrogens (tertiary/aromatic N) is 1. The Kier molecular flexibility index (Phi) is 4.95. The molecule has 25 heavy (non-hydrogen) atoms. The molecular weight excluding hydrogens is 314 g/mol. The maximum atomic E-state index is 12.1. The summed E-state index contributed by atoms with van der Waals surface area (Å²) >= 11 is 0. The summed E-state index contributed by atoms with van der Waals surface area (Å²) < 4.78 is 5.14. The summed E-state index contributed by atoms with van der Waals surface area (Å²) in [5, 5.41) is 5.60. The Morgan fingerprint density at radius 2 is 1.68 bits per heavy atom. The molecule has 1 heterocycles. The highest BCUT2D eigenvalue weighted by Gasteiger charge is 2.04. The highest BCUT2D eigenvalue weighted by molar-refractivity contribution is 5.99. The van der Waals surface area contributed by atoms with Gasteiger partial charge in [-0.2, -0.15) is 0 Å². The van der Waals surface area contributed by atoms with Crippen LogP contribution >= 0.6 is 0 Å².